The molecule has 0 bridgehead atoms. The van der Waals surface area contributed by atoms with E-state index in [1.807, 2.05) is 0 Å². The van der Waals surface area contributed by atoms with Gasteiger partial charge in [0.2, 0.25) is 0 Å². The van der Waals surface area contributed by atoms with Crippen molar-refractivity contribution in [2.45, 2.75) is 0 Å². The third-order valence-corrected chi connectivity index (χ3v) is 1.96. The summed E-state index contributed by atoms with van der Waals surface area (Å²) in [6, 6.07) is 6.99. The maximum Gasteiger partial charge on any atom is 0.199 e. The van der Waals surface area contributed by atoms with Crippen LogP contribution in [0.15, 0.2) is 36.1 Å². The van der Waals surface area contributed by atoms with Gasteiger partial charge in [-0.3, -0.25) is 4.79 Å². The molecule has 1 heterocycles. The molecule has 0 saturated heterocycles. The van der Waals surface area contributed by atoms with E-state index < -0.39 is 0 Å². The molecule has 0 fully saturated rings. The monoisotopic (exact) mass is 176 g/mol. The smallest absolute Gasteiger partial charge is 0.199 e. The van der Waals surface area contributed by atoms with Gasteiger partial charge in [-0.1, -0.05) is 12.1 Å². The van der Waals surface area contributed by atoms with Gasteiger partial charge in [-0.2, -0.15) is 0 Å². The van der Waals surface area contributed by atoms with Crippen molar-refractivity contribution < 1.29 is 14.6 Å². The molecular formula is C10H8O3. The Morgan fingerprint density at radius 2 is 2.15 bits per heavy atom. The van der Waals surface area contributed by atoms with Crippen molar-refractivity contribution >= 4 is 5.78 Å². The Kier molecular flexibility index (Phi) is 1.77. The van der Waals surface area contributed by atoms with E-state index in [1.165, 1.54) is 0 Å². The molecule has 0 spiro atoms. The summed E-state index contributed by atoms with van der Waals surface area (Å²) in [4.78, 5) is 11.5. The summed E-state index contributed by atoms with van der Waals surface area (Å²) in [6.07, 6.45) is 0.804. The molecule has 1 aromatic carbocycles. The standard InChI is InChI=1S/C10H8O3/c11-5-7-6-13-9-4-2-1-3-8(9)10(7)12/h1-5,11H,6H2. The number of rotatable bonds is 0. The number of hydrogen-bond donors (Lipinski definition) is 1. The van der Waals surface area contributed by atoms with Crippen LogP contribution in [0.3, 0.4) is 0 Å². The quantitative estimate of drug-likeness (QED) is 0.483. The fourth-order valence-corrected chi connectivity index (χ4v) is 1.27. The molecule has 0 aromatic heterocycles. The zero-order chi connectivity index (χ0) is 9.26. The molecular weight excluding hydrogens is 168 g/mol. The third-order valence-electron chi connectivity index (χ3n) is 1.96. The Morgan fingerprint density at radius 3 is 2.92 bits per heavy atom. The first-order valence-electron chi connectivity index (χ1n) is 3.92. The van der Waals surface area contributed by atoms with Crippen LogP contribution in [-0.4, -0.2) is 17.5 Å². The number of carbonyl (C=O) groups excluding carboxylic acids is 1. The van der Waals surface area contributed by atoms with Crippen LogP contribution in [-0.2, 0) is 0 Å². The van der Waals surface area contributed by atoms with Gasteiger partial charge in [0.15, 0.2) is 5.78 Å². The fraction of sp³-hybridized carbons (Fsp3) is 0.100. The number of aliphatic hydroxyl groups is 1. The van der Waals surface area contributed by atoms with Crippen molar-refractivity contribution in [3.8, 4) is 5.75 Å². The number of ketones is 1. The zero-order valence-corrected chi connectivity index (χ0v) is 6.86. The second kappa shape index (κ2) is 2.94. The minimum absolute atomic E-state index is 0.145. The van der Waals surface area contributed by atoms with Crippen LogP contribution in [0.25, 0.3) is 0 Å². The van der Waals surface area contributed by atoms with Crippen LogP contribution in [0.1, 0.15) is 10.4 Å². The first-order valence-corrected chi connectivity index (χ1v) is 3.92. The molecule has 0 aliphatic carbocycles. The van der Waals surface area contributed by atoms with Gasteiger partial charge in [-0.25, -0.2) is 0 Å². The summed E-state index contributed by atoms with van der Waals surface area (Å²) < 4.78 is 5.25. The summed E-state index contributed by atoms with van der Waals surface area (Å²) in [5, 5.41) is 8.72. The molecule has 2 rings (SSSR count). The summed E-state index contributed by atoms with van der Waals surface area (Å²) >= 11 is 0. The Bertz CT molecular complexity index is 380. The topological polar surface area (TPSA) is 46.5 Å². The SMILES string of the molecule is O=C1C(=CO)COc2ccccc21. The first kappa shape index (κ1) is 7.86. The number of fused-ring (bicyclic) bond motifs is 1. The van der Waals surface area contributed by atoms with E-state index in [1.54, 1.807) is 24.3 Å². The van der Waals surface area contributed by atoms with Crippen LogP contribution in [0.4, 0.5) is 0 Å². The highest BCUT2D eigenvalue weighted by Gasteiger charge is 2.22. The summed E-state index contributed by atoms with van der Waals surface area (Å²) in [7, 11) is 0. The summed E-state index contributed by atoms with van der Waals surface area (Å²) in [5.74, 6) is 0.419. The molecule has 3 nitrogen and oxygen atoms in total. The van der Waals surface area contributed by atoms with Crippen molar-refractivity contribution in [1.82, 2.24) is 0 Å². The van der Waals surface area contributed by atoms with E-state index in [2.05, 4.69) is 0 Å². The first-order chi connectivity index (χ1) is 6.33. The van der Waals surface area contributed by atoms with Gasteiger partial charge in [0, 0.05) is 0 Å². The predicted octanol–water partition coefficient (Wildman–Crippen LogP) is 1.70. The number of carbonyl (C=O) groups is 1. The lowest BCUT2D eigenvalue weighted by Gasteiger charge is -2.17. The van der Waals surface area contributed by atoms with Gasteiger partial charge < -0.3 is 9.84 Å². The van der Waals surface area contributed by atoms with Crippen molar-refractivity contribution in [3.05, 3.63) is 41.7 Å². The highest BCUT2D eigenvalue weighted by Crippen LogP contribution is 2.25. The van der Waals surface area contributed by atoms with Crippen LogP contribution in [0, 0.1) is 0 Å². The second-order valence-electron chi connectivity index (χ2n) is 2.77. The molecule has 0 unspecified atom stereocenters. The summed E-state index contributed by atoms with van der Waals surface area (Å²) in [6.45, 7) is 0.145. The Hall–Kier alpha value is -1.77. The Morgan fingerprint density at radius 1 is 1.38 bits per heavy atom. The minimum Gasteiger partial charge on any atom is -0.515 e. The van der Waals surface area contributed by atoms with Crippen LogP contribution >= 0.6 is 0 Å². The summed E-state index contributed by atoms with van der Waals surface area (Å²) in [5.41, 5.74) is 0.799. The van der Waals surface area contributed by atoms with Crippen molar-refractivity contribution in [2.24, 2.45) is 0 Å². The number of ether oxygens (including phenoxy) is 1. The van der Waals surface area contributed by atoms with Gasteiger partial charge in [-0.15, -0.1) is 0 Å². The maximum atomic E-state index is 11.5. The van der Waals surface area contributed by atoms with Crippen LogP contribution < -0.4 is 4.74 Å². The maximum absolute atomic E-state index is 11.5. The van der Waals surface area contributed by atoms with E-state index in [-0.39, 0.29) is 12.4 Å². The highest BCUT2D eigenvalue weighted by atomic mass is 16.5. The number of Topliss-reactive ketones (excluding diaryl/α,β-unsaturated/α-hetero) is 1. The Labute approximate surface area is 75.3 Å². The molecule has 13 heavy (non-hydrogen) atoms. The molecule has 66 valence electrons. The van der Waals surface area contributed by atoms with E-state index in [0.717, 1.165) is 6.26 Å². The van der Waals surface area contributed by atoms with E-state index >= 15 is 0 Å². The molecule has 0 saturated carbocycles. The van der Waals surface area contributed by atoms with Crippen LogP contribution in [0.2, 0.25) is 0 Å². The molecule has 1 aliphatic rings. The number of hydrogen-bond acceptors (Lipinski definition) is 3. The molecule has 1 aliphatic heterocycles. The minimum atomic E-state index is -0.163. The molecule has 3 heteroatoms. The molecule has 0 atom stereocenters. The number of aliphatic hydroxyl groups excluding tert-OH is 1. The number of para-hydroxylation sites is 1. The number of benzene rings is 1. The zero-order valence-electron chi connectivity index (χ0n) is 6.86. The van der Waals surface area contributed by atoms with E-state index in [4.69, 9.17) is 9.84 Å². The molecule has 1 N–H and O–H groups in total. The lowest BCUT2D eigenvalue weighted by Crippen LogP contribution is -2.18. The van der Waals surface area contributed by atoms with Crippen molar-refractivity contribution in [2.75, 3.05) is 6.61 Å². The van der Waals surface area contributed by atoms with Gasteiger partial charge >= 0.3 is 0 Å². The second-order valence-corrected chi connectivity index (χ2v) is 2.77. The predicted molar refractivity (Wildman–Crippen MR) is 47.0 cm³/mol. The highest BCUT2D eigenvalue weighted by molar-refractivity contribution is 6.11. The van der Waals surface area contributed by atoms with Gasteiger partial charge in [0.25, 0.3) is 0 Å². The normalized spacial score (nSPS) is 18.2. The van der Waals surface area contributed by atoms with Crippen molar-refractivity contribution in [1.29, 1.82) is 0 Å². The van der Waals surface area contributed by atoms with E-state index in [0.29, 0.717) is 16.9 Å². The third kappa shape index (κ3) is 1.18. The van der Waals surface area contributed by atoms with Gasteiger partial charge in [0.05, 0.1) is 17.4 Å². The Balaban J connectivity index is 2.51. The van der Waals surface area contributed by atoms with Gasteiger partial charge in [-0.05, 0) is 12.1 Å². The van der Waals surface area contributed by atoms with Crippen molar-refractivity contribution in [3.63, 3.8) is 0 Å². The molecule has 0 amide bonds. The molecule has 0 radical (unpaired) electrons. The largest absolute Gasteiger partial charge is 0.515 e. The lowest BCUT2D eigenvalue weighted by molar-refractivity contribution is 0.0995. The molecule has 1 aromatic rings. The van der Waals surface area contributed by atoms with Gasteiger partial charge in [0.1, 0.15) is 12.4 Å². The average Bonchev–Trinajstić information content (AvgIpc) is 2.19. The fourth-order valence-electron chi connectivity index (χ4n) is 1.27. The average molecular weight is 176 g/mol. The van der Waals surface area contributed by atoms with E-state index in [9.17, 15) is 4.79 Å². The van der Waals surface area contributed by atoms with Crippen LogP contribution in [0.5, 0.6) is 5.75 Å². The lowest BCUT2D eigenvalue weighted by atomic mass is 10.0.